The van der Waals surface area contributed by atoms with Gasteiger partial charge in [0.1, 0.15) is 6.10 Å². The predicted octanol–water partition coefficient (Wildman–Crippen LogP) is 2.85. The first-order valence-corrected chi connectivity index (χ1v) is 5.60. The van der Waals surface area contributed by atoms with E-state index in [0.29, 0.717) is 0 Å². The van der Waals surface area contributed by atoms with Crippen molar-refractivity contribution in [1.29, 1.82) is 0 Å². The lowest BCUT2D eigenvalue weighted by atomic mass is 9.94. The molecule has 86 valence electrons. The highest BCUT2D eigenvalue weighted by Gasteiger charge is 2.38. The maximum absolute atomic E-state index is 9.40. The van der Waals surface area contributed by atoms with E-state index in [-0.39, 0.29) is 18.3 Å². The highest BCUT2D eigenvalue weighted by molar-refractivity contribution is 5.36. The third-order valence-corrected chi connectivity index (χ3v) is 3.27. The van der Waals surface area contributed by atoms with Gasteiger partial charge in [-0.15, -0.1) is 0 Å². The van der Waals surface area contributed by atoms with Crippen molar-refractivity contribution in [1.82, 2.24) is 0 Å². The van der Waals surface area contributed by atoms with Gasteiger partial charge in [0.25, 0.3) is 0 Å². The second-order valence-corrected chi connectivity index (χ2v) is 4.74. The molecule has 2 heteroatoms. The Balaban J connectivity index is 2.38. The van der Waals surface area contributed by atoms with Gasteiger partial charge in [-0.1, -0.05) is 30.3 Å². The molecule has 1 aromatic carbocycles. The molecule has 2 rings (SSSR count). The van der Waals surface area contributed by atoms with E-state index in [1.54, 1.807) is 0 Å². The standard InChI is InChI=1S/C14H18O2/c1-10-12(9-15)14(2,3)16-13(10)11-7-5-4-6-8-11/h4-8,13,15H,9H2,1-3H3. The van der Waals surface area contributed by atoms with Crippen molar-refractivity contribution in [2.75, 3.05) is 6.61 Å². The van der Waals surface area contributed by atoms with Crippen LogP contribution >= 0.6 is 0 Å². The first kappa shape index (κ1) is 11.4. The molecule has 0 radical (unpaired) electrons. The van der Waals surface area contributed by atoms with Gasteiger partial charge in [-0.25, -0.2) is 0 Å². The van der Waals surface area contributed by atoms with Crippen LogP contribution in [-0.2, 0) is 4.74 Å². The molecule has 0 aromatic heterocycles. The maximum Gasteiger partial charge on any atom is 0.105 e. The molecule has 0 saturated carbocycles. The Kier molecular flexibility index (Phi) is 2.87. The molecule has 1 atom stereocenters. The van der Waals surface area contributed by atoms with Crippen molar-refractivity contribution in [3.05, 3.63) is 47.0 Å². The van der Waals surface area contributed by atoms with E-state index in [1.807, 2.05) is 39.0 Å². The summed E-state index contributed by atoms with van der Waals surface area (Å²) in [6.07, 6.45) is -0.0154. The summed E-state index contributed by atoms with van der Waals surface area (Å²) in [4.78, 5) is 0. The largest absolute Gasteiger partial charge is 0.392 e. The van der Waals surface area contributed by atoms with Gasteiger partial charge in [-0.3, -0.25) is 0 Å². The average molecular weight is 218 g/mol. The fraction of sp³-hybridized carbons (Fsp3) is 0.429. The molecule has 0 bridgehead atoms. The van der Waals surface area contributed by atoms with Crippen LogP contribution in [0.3, 0.4) is 0 Å². The lowest BCUT2D eigenvalue weighted by Gasteiger charge is -2.23. The van der Waals surface area contributed by atoms with E-state index in [9.17, 15) is 5.11 Å². The lowest BCUT2D eigenvalue weighted by Crippen LogP contribution is -2.24. The van der Waals surface area contributed by atoms with E-state index >= 15 is 0 Å². The minimum atomic E-state index is -0.362. The summed E-state index contributed by atoms with van der Waals surface area (Å²) in [5, 5.41) is 9.40. The smallest absolute Gasteiger partial charge is 0.105 e. The molecule has 0 saturated heterocycles. The van der Waals surface area contributed by atoms with E-state index < -0.39 is 0 Å². The number of hydrogen-bond acceptors (Lipinski definition) is 2. The van der Waals surface area contributed by atoms with Gasteiger partial charge in [-0.2, -0.15) is 0 Å². The number of ether oxygens (including phenoxy) is 1. The number of rotatable bonds is 2. The summed E-state index contributed by atoms with van der Waals surface area (Å²) in [6.45, 7) is 6.12. The zero-order valence-corrected chi connectivity index (χ0v) is 10.0. The van der Waals surface area contributed by atoms with Crippen LogP contribution in [0.1, 0.15) is 32.4 Å². The second kappa shape index (κ2) is 4.04. The molecule has 1 aliphatic heterocycles. The summed E-state index contributed by atoms with van der Waals surface area (Å²) in [6, 6.07) is 10.1. The molecule has 1 unspecified atom stereocenters. The minimum Gasteiger partial charge on any atom is -0.392 e. The Hall–Kier alpha value is -1.12. The highest BCUT2D eigenvalue weighted by atomic mass is 16.5. The summed E-state index contributed by atoms with van der Waals surface area (Å²) in [5.74, 6) is 0. The summed E-state index contributed by atoms with van der Waals surface area (Å²) >= 11 is 0. The van der Waals surface area contributed by atoms with Crippen molar-refractivity contribution in [2.24, 2.45) is 0 Å². The Morgan fingerprint density at radius 1 is 1.25 bits per heavy atom. The molecule has 1 aromatic rings. The van der Waals surface area contributed by atoms with Crippen molar-refractivity contribution in [2.45, 2.75) is 32.5 Å². The molecule has 0 amide bonds. The van der Waals surface area contributed by atoms with Gasteiger partial charge in [0.15, 0.2) is 0 Å². The van der Waals surface area contributed by atoms with Gasteiger partial charge in [-0.05, 0) is 37.5 Å². The molecule has 16 heavy (non-hydrogen) atoms. The molecule has 1 N–H and O–H groups in total. The quantitative estimate of drug-likeness (QED) is 0.773. The van der Waals surface area contributed by atoms with Gasteiger partial charge in [0.05, 0.1) is 12.2 Å². The lowest BCUT2D eigenvalue weighted by molar-refractivity contribution is -0.0115. The summed E-state index contributed by atoms with van der Waals surface area (Å²) in [7, 11) is 0. The van der Waals surface area contributed by atoms with Crippen LogP contribution < -0.4 is 0 Å². The van der Waals surface area contributed by atoms with Crippen LogP contribution in [0.4, 0.5) is 0 Å². The maximum atomic E-state index is 9.40. The van der Waals surface area contributed by atoms with E-state index in [2.05, 4.69) is 12.1 Å². The average Bonchev–Trinajstić information content (AvgIpc) is 2.50. The zero-order valence-electron chi connectivity index (χ0n) is 10.0. The van der Waals surface area contributed by atoms with E-state index in [0.717, 1.165) is 16.7 Å². The topological polar surface area (TPSA) is 29.5 Å². The Labute approximate surface area is 96.6 Å². The van der Waals surface area contributed by atoms with E-state index in [4.69, 9.17) is 4.74 Å². The van der Waals surface area contributed by atoms with Crippen molar-refractivity contribution >= 4 is 0 Å². The molecule has 0 spiro atoms. The van der Waals surface area contributed by atoms with Crippen LogP contribution in [0.25, 0.3) is 0 Å². The molecule has 0 aliphatic carbocycles. The summed E-state index contributed by atoms with van der Waals surface area (Å²) in [5.41, 5.74) is 2.93. The third-order valence-electron chi connectivity index (χ3n) is 3.27. The van der Waals surface area contributed by atoms with Crippen LogP contribution in [0, 0.1) is 0 Å². The summed E-state index contributed by atoms with van der Waals surface area (Å²) < 4.78 is 6.02. The normalized spacial score (nSPS) is 23.9. The fourth-order valence-corrected chi connectivity index (χ4v) is 2.35. The molecular weight excluding hydrogens is 200 g/mol. The number of hydrogen-bond donors (Lipinski definition) is 1. The minimum absolute atomic E-state index is 0.0154. The van der Waals surface area contributed by atoms with Crippen LogP contribution in [0.2, 0.25) is 0 Å². The van der Waals surface area contributed by atoms with Crippen LogP contribution in [-0.4, -0.2) is 17.3 Å². The zero-order chi connectivity index (χ0) is 11.8. The molecule has 1 heterocycles. The monoisotopic (exact) mass is 218 g/mol. The van der Waals surface area contributed by atoms with Crippen molar-refractivity contribution in [3.63, 3.8) is 0 Å². The number of benzene rings is 1. The highest BCUT2D eigenvalue weighted by Crippen LogP contribution is 2.43. The molecule has 0 fully saturated rings. The van der Waals surface area contributed by atoms with Gasteiger partial charge in [0, 0.05) is 0 Å². The third kappa shape index (κ3) is 1.79. The number of aliphatic hydroxyl groups is 1. The van der Waals surface area contributed by atoms with Gasteiger partial charge >= 0.3 is 0 Å². The SMILES string of the molecule is CC1=C(CO)C(C)(C)OC1c1ccccc1. The predicted molar refractivity (Wildman–Crippen MR) is 64.1 cm³/mol. The van der Waals surface area contributed by atoms with Crippen molar-refractivity contribution in [3.8, 4) is 0 Å². The Morgan fingerprint density at radius 3 is 2.38 bits per heavy atom. The first-order chi connectivity index (χ1) is 7.56. The van der Waals surface area contributed by atoms with Gasteiger partial charge < -0.3 is 9.84 Å². The van der Waals surface area contributed by atoms with Crippen LogP contribution in [0.5, 0.6) is 0 Å². The fourth-order valence-electron chi connectivity index (χ4n) is 2.35. The molecular formula is C14H18O2. The Morgan fingerprint density at radius 2 is 1.88 bits per heavy atom. The van der Waals surface area contributed by atoms with Crippen LogP contribution in [0.15, 0.2) is 41.5 Å². The van der Waals surface area contributed by atoms with Gasteiger partial charge in [0.2, 0.25) is 0 Å². The second-order valence-electron chi connectivity index (χ2n) is 4.74. The molecule has 1 aliphatic rings. The molecule has 2 nitrogen and oxygen atoms in total. The Bertz CT molecular complexity index is 404. The van der Waals surface area contributed by atoms with E-state index in [1.165, 1.54) is 0 Å². The first-order valence-electron chi connectivity index (χ1n) is 5.60. The van der Waals surface area contributed by atoms with Crippen molar-refractivity contribution < 1.29 is 9.84 Å². The number of aliphatic hydroxyl groups excluding tert-OH is 1.